The summed E-state index contributed by atoms with van der Waals surface area (Å²) in [7, 11) is 0. The number of nitrogens with zero attached hydrogens (tertiary/aromatic N) is 1. The van der Waals surface area contributed by atoms with Crippen LogP contribution in [0.3, 0.4) is 0 Å². The molecule has 0 saturated heterocycles. The van der Waals surface area contributed by atoms with Gasteiger partial charge in [0, 0.05) is 23.1 Å². The summed E-state index contributed by atoms with van der Waals surface area (Å²) in [6, 6.07) is 7.14. The first-order valence-electron chi connectivity index (χ1n) is 4.54. The standard InChI is InChI=1S/C11H7BrClNOS/c12-10-2-1-8(16-10)6-9(15)7-3-4-14-11(13)5-7/h1-5H,6H2. The molecule has 2 aromatic heterocycles. The number of Topliss-reactive ketones (excluding diaryl/α,β-unsaturated/α-hetero) is 1. The van der Waals surface area contributed by atoms with Gasteiger partial charge >= 0.3 is 0 Å². The van der Waals surface area contributed by atoms with Gasteiger partial charge in [-0.25, -0.2) is 4.98 Å². The molecule has 2 aromatic rings. The number of thiophene rings is 1. The Morgan fingerprint density at radius 1 is 1.44 bits per heavy atom. The minimum absolute atomic E-state index is 0.0543. The van der Waals surface area contributed by atoms with Crippen LogP contribution >= 0.6 is 38.9 Å². The zero-order valence-corrected chi connectivity index (χ0v) is 11.3. The highest BCUT2D eigenvalue weighted by molar-refractivity contribution is 9.11. The van der Waals surface area contributed by atoms with Crippen molar-refractivity contribution in [3.8, 4) is 0 Å². The van der Waals surface area contributed by atoms with Crippen molar-refractivity contribution in [2.24, 2.45) is 0 Å². The molecule has 0 aliphatic carbocycles. The Labute approximate surface area is 110 Å². The summed E-state index contributed by atoms with van der Waals surface area (Å²) in [5.74, 6) is 0.0543. The van der Waals surface area contributed by atoms with Gasteiger partial charge in [0.05, 0.1) is 3.79 Å². The summed E-state index contributed by atoms with van der Waals surface area (Å²) in [5.41, 5.74) is 0.601. The molecule has 0 radical (unpaired) electrons. The highest BCUT2D eigenvalue weighted by atomic mass is 79.9. The number of carbonyl (C=O) groups is 1. The largest absolute Gasteiger partial charge is 0.294 e. The number of carbonyl (C=O) groups excluding carboxylic acids is 1. The van der Waals surface area contributed by atoms with Crippen molar-refractivity contribution in [1.82, 2.24) is 4.98 Å². The number of halogens is 2. The minimum Gasteiger partial charge on any atom is -0.294 e. The van der Waals surface area contributed by atoms with E-state index >= 15 is 0 Å². The maximum atomic E-state index is 11.9. The normalized spacial score (nSPS) is 10.4. The first kappa shape index (κ1) is 11.8. The first-order chi connectivity index (χ1) is 7.65. The average Bonchev–Trinajstić information content (AvgIpc) is 2.64. The van der Waals surface area contributed by atoms with Gasteiger partial charge in [0.15, 0.2) is 5.78 Å². The number of hydrogen-bond donors (Lipinski definition) is 0. The van der Waals surface area contributed by atoms with Gasteiger partial charge in [0.1, 0.15) is 5.15 Å². The second kappa shape index (κ2) is 5.08. The Hall–Kier alpha value is -0.710. The molecule has 0 aliphatic heterocycles. The molecule has 5 heteroatoms. The summed E-state index contributed by atoms with van der Waals surface area (Å²) in [6.07, 6.45) is 1.94. The van der Waals surface area contributed by atoms with Gasteiger partial charge in [-0.15, -0.1) is 11.3 Å². The van der Waals surface area contributed by atoms with Gasteiger partial charge in [0.25, 0.3) is 0 Å². The van der Waals surface area contributed by atoms with Crippen molar-refractivity contribution in [3.63, 3.8) is 0 Å². The predicted octanol–water partition coefficient (Wildman–Crippen LogP) is 3.98. The number of hydrogen-bond acceptors (Lipinski definition) is 3. The zero-order valence-electron chi connectivity index (χ0n) is 8.11. The van der Waals surface area contributed by atoms with E-state index in [2.05, 4.69) is 20.9 Å². The molecule has 0 amide bonds. The summed E-state index contributed by atoms with van der Waals surface area (Å²) in [6.45, 7) is 0. The lowest BCUT2D eigenvalue weighted by Gasteiger charge is -1.99. The molecule has 0 spiro atoms. The van der Waals surface area contributed by atoms with Crippen LogP contribution in [0.2, 0.25) is 5.15 Å². The Bertz CT molecular complexity index is 526. The van der Waals surface area contributed by atoms with Gasteiger partial charge in [-0.05, 0) is 40.2 Å². The fraction of sp³-hybridized carbons (Fsp3) is 0.0909. The lowest BCUT2D eigenvalue weighted by Crippen LogP contribution is -2.02. The van der Waals surface area contributed by atoms with E-state index in [1.165, 1.54) is 0 Å². The number of rotatable bonds is 3. The molecule has 0 N–H and O–H groups in total. The summed E-state index contributed by atoms with van der Waals surface area (Å²) in [4.78, 5) is 16.8. The summed E-state index contributed by atoms with van der Waals surface area (Å²) < 4.78 is 1.03. The Balaban J connectivity index is 2.14. The van der Waals surface area contributed by atoms with E-state index in [9.17, 15) is 4.79 Å². The number of pyridine rings is 1. The molecule has 0 aromatic carbocycles. The van der Waals surface area contributed by atoms with Crippen molar-refractivity contribution in [1.29, 1.82) is 0 Å². The molecule has 2 rings (SSSR count). The van der Waals surface area contributed by atoms with Crippen LogP contribution in [0, 0.1) is 0 Å². The molecule has 0 aliphatic rings. The van der Waals surface area contributed by atoms with Crippen LogP contribution in [-0.4, -0.2) is 10.8 Å². The first-order valence-corrected chi connectivity index (χ1v) is 6.53. The highest BCUT2D eigenvalue weighted by Gasteiger charge is 2.09. The molecule has 0 bridgehead atoms. The third-order valence-corrected chi connectivity index (χ3v) is 3.84. The number of aromatic nitrogens is 1. The molecule has 2 heterocycles. The average molecular weight is 317 g/mol. The van der Waals surface area contributed by atoms with Crippen molar-refractivity contribution in [2.45, 2.75) is 6.42 Å². The van der Waals surface area contributed by atoms with Gasteiger partial charge in [-0.1, -0.05) is 11.6 Å². The molecular weight excluding hydrogens is 310 g/mol. The molecule has 0 atom stereocenters. The monoisotopic (exact) mass is 315 g/mol. The second-order valence-electron chi connectivity index (χ2n) is 3.17. The van der Waals surface area contributed by atoms with Crippen LogP contribution in [0.4, 0.5) is 0 Å². The molecule has 0 unspecified atom stereocenters. The van der Waals surface area contributed by atoms with E-state index in [1.807, 2.05) is 12.1 Å². The molecular formula is C11H7BrClNOS. The molecule has 2 nitrogen and oxygen atoms in total. The van der Waals surface area contributed by atoms with Crippen molar-refractivity contribution in [2.75, 3.05) is 0 Å². The SMILES string of the molecule is O=C(Cc1ccc(Br)s1)c1ccnc(Cl)c1. The van der Waals surface area contributed by atoms with Gasteiger partial charge < -0.3 is 0 Å². The highest BCUT2D eigenvalue weighted by Crippen LogP contribution is 2.23. The molecule has 82 valence electrons. The van der Waals surface area contributed by atoms with E-state index in [0.29, 0.717) is 17.1 Å². The minimum atomic E-state index is 0.0543. The van der Waals surface area contributed by atoms with Crippen LogP contribution in [0.15, 0.2) is 34.2 Å². The fourth-order valence-electron chi connectivity index (χ4n) is 1.28. The van der Waals surface area contributed by atoms with Gasteiger partial charge in [-0.2, -0.15) is 0 Å². The summed E-state index contributed by atoms with van der Waals surface area (Å²) >= 11 is 10.7. The van der Waals surface area contributed by atoms with Gasteiger partial charge in [-0.3, -0.25) is 4.79 Å². The predicted molar refractivity (Wildman–Crippen MR) is 69.3 cm³/mol. The topological polar surface area (TPSA) is 30.0 Å². The fourth-order valence-corrected chi connectivity index (χ4v) is 2.94. The van der Waals surface area contributed by atoms with Crippen molar-refractivity contribution < 1.29 is 4.79 Å². The lowest BCUT2D eigenvalue weighted by atomic mass is 10.1. The van der Waals surface area contributed by atoms with E-state index in [4.69, 9.17) is 11.6 Å². The third-order valence-electron chi connectivity index (χ3n) is 2.01. The third kappa shape index (κ3) is 2.90. The smallest absolute Gasteiger partial charge is 0.168 e. The van der Waals surface area contributed by atoms with Crippen LogP contribution in [-0.2, 0) is 6.42 Å². The Kier molecular flexibility index (Phi) is 3.74. The van der Waals surface area contributed by atoms with Crippen LogP contribution < -0.4 is 0 Å². The maximum Gasteiger partial charge on any atom is 0.168 e. The molecule has 0 saturated carbocycles. The molecule has 0 fully saturated rings. The van der Waals surface area contributed by atoms with E-state index in [-0.39, 0.29) is 5.78 Å². The van der Waals surface area contributed by atoms with E-state index in [1.54, 1.807) is 29.7 Å². The van der Waals surface area contributed by atoms with E-state index < -0.39 is 0 Å². The molecule has 16 heavy (non-hydrogen) atoms. The lowest BCUT2D eigenvalue weighted by molar-refractivity contribution is 0.0993. The van der Waals surface area contributed by atoms with Crippen molar-refractivity contribution in [3.05, 3.63) is 49.8 Å². The maximum absolute atomic E-state index is 11.9. The summed E-state index contributed by atoms with van der Waals surface area (Å²) in [5, 5.41) is 0.346. The van der Waals surface area contributed by atoms with Gasteiger partial charge in [0.2, 0.25) is 0 Å². The Morgan fingerprint density at radius 2 is 2.25 bits per heavy atom. The quantitative estimate of drug-likeness (QED) is 0.633. The zero-order chi connectivity index (χ0) is 11.5. The van der Waals surface area contributed by atoms with Crippen molar-refractivity contribution >= 4 is 44.7 Å². The second-order valence-corrected chi connectivity index (χ2v) is 6.11. The number of ketones is 1. The Morgan fingerprint density at radius 3 is 2.88 bits per heavy atom. The van der Waals surface area contributed by atoms with Crippen LogP contribution in [0.25, 0.3) is 0 Å². The van der Waals surface area contributed by atoms with Crippen LogP contribution in [0.5, 0.6) is 0 Å². The van der Waals surface area contributed by atoms with E-state index in [0.717, 1.165) is 8.66 Å². The van der Waals surface area contributed by atoms with Crippen LogP contribution in [0.1, 0.15) is 15.2 Å².